The first-order chi connectivity index (χ1) is 6.86. The predicted molar refractivity (Wildman–Crippen MR) is 55.0 cm³/mol. The van der Waals surface area contributed by atoms with Crippen LogP contribution in [-0.2, 0) is 0 Å². The zero-order valence-electron chi connectivity index (χ0n) is 7.45. The summed E-state index contributed by atoms with van der Waals surface area (Å²) in [5.41, 5.74) is 1.47. The molecule has 1 aromatic rings. The van der Waals surface area contributed by atoms with Crippen LogP contribution in [-0.4, -0.2) is 3.92 Å². The quantitative estimate of drug-likeness (QED) is 0.474. The van der Waals surface area contributed by atoms with Crippen molar-refractivity contribution in [1.29, 1.82) is 0 Å². The van der Waals surface area contributed by atoms with Gasteiger partial charge in [0.2, 0.25) is 0 Å². The van der Waals surface area contributed by atoms with Crippen LogP contribution in [0.25, 0.3) is 0 Å². The number of hydrogen-bond donors (Lipinski definition) is 0. The van der Waals surface area contributed by atoms with Gasteiger partial charge in [-0.1, -0.05) is 0 Å². The summed E-state index contributed by atoms with van der Waals surface area (Å²) in [7, 11) is 0. The number of fused-ring (bicyclic) bond motifs is 3. The van der Waals surface area contributed by atoms with E-state index in [1.54, 1.807) is 0 Å². The normalized spacial score (nSPS) is 28.1. The molecule has 0 fully saturated rings. The first-order valence-electron chi connectivity index (χ1n) is 4.63. The summed E-state index contributed by atoms with van der Waals surface area (Å²) in [4.78, 5) is 0. The van der Waals surface area contributed by atoms with Crippen LogP contribution in [0.15, 0.2) is 42.5 Å². The molecule has 2 aliphatic rings. The van der Waals surface area contributed by atoms with Gasteiger partial charge in [-0.25, -0.2) is 0 Å². The molecule has 0 bridgehead atoms. The van der Waals surface area contributed by atoms with Gasteiger partial charge in [0.25, 0.3) is 0 Å². The molecule has 0 N–H and O–H groups in total. The Kier molecular flexibility index (Phi) is 2.17. The van der Waals surface area contributed by atoms with Crippen molar-refractivity contribution >= 4 is 11.6 Å². The van der Waals surface area contributed by atoms with E-state index in [1.165, 1.54) is 9.13 Å². The third-order valence-corrected chi connectivity index (χ3v) is 7.01. The Morgan fingerprint density at radius 1 is 1.14 bits per heavy atom. The van der Waals surface area contributed by atoms with Crippen LogP contribution < -0.4 is 21.2 Å². The second kappa shape index (κ2) is 3.38. The van der Waals surface area contributed by atoms with Crippen molar-refractivity contribution in [2.75, 3.05) is 0 Å². The van der Waals surface area contributed by atoms with Crippen molar-refractivity contribution in [3.8, 4) is 0 Å². The fourth-order valence-electron chi connectivity index (χ4n) is 1.98. The van der Waals surface area contributed by atoms with E-state index in [2.05, 4.69) is 36.4 Å². The Morgan fingerprint density at radius 2 is 2.00 bits per heavy atom. The Labute approximate surface area is 98.9 Å². The van der Waals surface area contributed by atoms with E-state index in [-0.39, 0.29) is 21.2 Å². The molecule has 2 heteroatoms. The molecule has 0 nitrogen and oxygen atoms in total. The molecule has 1 aliphatic heterocycles. The van der Waals surface area contributed by atoms with E-state index >= 15 is 0 Å². The third kappa shape index (κ3) is 1.26. The van der Waals surface area contributed by atoms with Crippen molar-refractivity contribution in [1.82, 2.24) is 0 Å². The molecule has 1 aromatic carbocycles. The number of allylic oxidation sites excluding steroid dienone is 4. The Morgan fingerprint density at radius 3 is 2.93 bits per heavy atom. The summed E-state index contributed by atoms with van der Waals surface area (Å²) >= 11 is 6.28. The first-order valence-corrected chi connectivity index (χ1v) is 7.33. The van der Waals surface area contributed by atoms with Gasteiger partial charge >= 0.3 is 99.3 Å². The summed E-state index contributed by atoms with van der Waals surface area (Å²) in [6.07, 6.45) is 8.97. The van der Waals surface area contributed by atoms with Gasteiger partial charge in [0.15, 0.2) is 0 Å². The third-order valence-electron chi connectivity index (χ3n) is 2.64. The zero-order valence-corrected chi connectivity index (χ0v) is 10.4. The summed E-state index contributed by atoms with van der Waals surface area (Å²) in [5.74, 6) is 0.612. The van der Waals surface area contributed by atoms with Gasteiger partial charge in [0.05, 0.1) is 0 Å². The van der Waals surface area contributed by atoms with Gasteiger partial charge in [-0.15, -0.1) is 0 Å². The SMILES string of the molecule is Clc1cccc2c1[I-]C1C=CC=CC21. The Hall–Kier alpha value is -0.280. The van der Waals surface area contributed by atoms with Crippen LogP contribution in [0.2, 0.25) is 5.02 Å². The second-order valence-corrected chi connectivity index (χ2v) is 7.04. The number of halogens is 2. The fourth-order valence-corrected chi connectivity index (χ4v) is 5.99. The van der Waals surface area contributed by atoms with Gasteiger partial charge < -0.3 is 0 Å². The molecule has 1 heterocycles. The zero-order chi connectivity index (χ0) is 9.54. The summed E-state index contributed by atoms with van der Waals surface area (Å²) in [6.45, 7) is 0. The van der Waals surface area contributed by atoms with Crippen LogP contribution in [0.5, 0.6) is 0 Å². The molecule has 0 amide bonds. The van der Waals surface area contributed by atoms with Crippen molar-refractivity contribution < 1.29 is 21.2 Å². The van der Waals surface area contributed by atoms with Crippen molar-refractivity contribution in [3.63, 3.8) is 0 Å². The van der Waals surface area contributed by atoms with E-state index < -0.39 is 0 Å². The van der Waals surface area contributed by atoms with Gasteiger partial charge in [-0.2, -0.15) is 0 Å². The maximum absolute atomic E-state index is 6.21. The molecule has 72 valence electrons. The Balaban J connectivity index is 2.15. The van der Waals surface area contributed by atoms with Crippen molar-refractivity contribution in [2.45, 2.75) is 9.84 Å². The minimum absolute atomic E-state index is 0.0695. The van der Waals surface area contributed by atoms with Crippen LogP contribution in [0.3, 0.4) is 0 Å². The van der Waals surface area contributed by atoms with Crippen LogP contribution >= 0.6 is 11.6 Å². The molecule has 2 unspecified atom stereocenters. The van der Waals surface area contributed by atoms with Gasteiger partial charge in [-0.05, 0) is 0 Å². The monoisotopic (exact) mass is 315 g/mol. The number of rotatable bonds is 0. The van der Waals surface area contributed by atoms with E-state index in [0.29, 0.717) is 5.92 Å². The van der Waals surface area contributed by atoms with Crippen molar-refractivity contribution in [3.05, 3.63) is 56.7 Å². The minimum atomic E-state index is 0.0695. The molecular formula is C12H9ClI-. The standard InChI is InChI=1S/C12H9ClI/c13-10-6-3-5-9-8-4-1-2-7-11(8)14-12(9)10/h1-8,11H/q-1. The molecular weight excluding hydrogens is 306 g/mol. The van der Waals surface area contributed by atoms with Gasteiger partial charge in [0.1, 0.15) is 0 Å². The van der Waals surface area contributed by atoms with E-state index in [1.807, 2.05) is 6.07 Å². The molecule has 3 rings (SSSR count). The number of benzene rings is 1. The molecule has 0 saturated heterocycles. The maximum atomic E-state index is 6.21. The van der Waals surface area contributed by atoms with Crippen LogP contribution in [0.4, 0.5) is 0 Å². The molecule has 0 aromatic heterocycles. The van der Waals surface area contributed by atoms with Crippen LogP contribution in [0.1, 0.15) is 11.5 Å². The predicted octanol–water partition coefficient (Wildman–Crippen LogP) is 0.190. The molecule has 0 spiro atoms. The second-order valence-electron chi connectivity index (χ2n) is 3.49. The number of alkyl halides is 1. The summed E-state index contributed by atoms with van der Waals surface area (Å²) < 4.78 is 2.20. The van der Waals surface area contributed by atoms with Crippen LogP contribution in [0, 0.1) is 3.57 Å². The van der Waals surface area contributed by atoms with Gasteiger partial charge in [-0.3, -0.25) is 0 Å². The van der Waals surface area contributed by atoms with Crippen molar-refractivity contribution in [2.24, 2.45) is 0 Å². The summed E-state index contributed by atoms with van der Waals surface area (Å²) in [6, 6.07) is 6.32. The fraction of sp³-hybridized carbons (Fsp3) is 0.167. The molecule has 0 saturated carbocycles. The molecule has 2 atom stereocenters. The molecule has 14 heavy (non-hydrogen) atoms. The summed E-state index contributed by atoms with van der Waals surface area (Å²) in [5, 5.41) is 0.978. The van der Waals surface area contributed by atoms with Gasteiger partial charge in [0, 0.05) is 0 Å². The van der Waals surface area contributed by atoms with E-state index in [9.17, 15) is 0 Å². The van der Waals surface area contributed by atoms with E-state index in [4.69, 9.17) is 11.6 Å². The first kappa shape index (κ1) is 8.98. The molecule has 0 radical (unpaired) electrons. The average molecular weight is 316 g/mol. The number of hydrogen-bond acceptors (Lipinski definition) is 0. The topological polar surface area (TPSA) is 0 Å². The average Bonchev–Trinajstić information content (AvgIpc) is 2.59. The molecule has 1 aliphatic carbocycles. The van der Waals surface area contributed by atoms with E-state index in [0.717, 1.165) is 8.95 Å². The Bertz CT molecular complexity index is 434.